The molecule has 3 aromatic rings. The van der Waals surface area contributed by atoms with Crippen molar-refractivity contribution in [1.82, 2.24) is 20.5 Å². The van der Waals surface area contributed by atoms with Crippen molar-refractivity contribution in [3.63, 3.8) is 0 Å². The summed E-state index contributed by atoms with van der Waals surface area (Å²) in [7, 11) is 0. The Balaban J connectivity index is 1.73. The van der Waals surface area contributed by atoms with Gasteiger partial charge in [-0.05, 0) is 92.1 Å². The zero-order valence-electron chi connectivity index (χ0n) is 25.6. The number of aliphatic hydroxyl groups excluding tert-OH is 1. The van der Waals surface area contributed by atoms with Gasteiger partial charge in [-0.3, -0.25) is 19.4 Å². The zero-order chi connectivity index (χ0) is 32.1. The maximum absolute atomic E-state index is 14.0. The van der Waals surface area contributed by atoms with Crippen LogP contribution >= 0.6 is 0 Å². The summed E-state index contributed by atoms with van der Waals surface area (Å²) < 4.78 is 27.9. The van der Waals surface area contributed by atoms with E-state index in [2.05, 4.69) is 15.6 Å². The number of hydrogen-bond acceptors (Lipinski definition) is 5. The standard InChI is InChI=1S/C34H42F2N4O4/c1-4-13-40(14-5-2)34(44)27-16-23(3)15-26(20-27)33(43)39-30(19-25-17-28(35)21-29(36)18-25)31(41)10-12-38-32(42)9-8-24-7-6-11-37-22-24/h6-7,11,15-18,20-22,30-31,41H,4-5,8-10,12-14,19H2,1-3H3,(H,38,42)(H,39,43)/t30-,31+/m1/s1. The summed E-state index contributed by atoms with van der Waals surface area (Å²) in [5, 5.41) is 16.7. The quantitative estimate of drug-likeness (QED) is 0.217. The van der Waals surface area contributed by atoms with Crippen LogP contribution < -0.4 is 10.6 Å². The number of aromatic nitrogens is 1. The lowest BCUT2D eigenvalue weighted by Gasteiger charge is -2.25. The molecule has 0 fully saturated rings. The van der Waals surface area contributed by atoms with Gasteiger partial charge in [-0.25, -0.2) is 8.78 Å². The Kier molecular flexibility index (Phi) is 13.4. The van der Waals surface area contributed by atoms with Gasteiger partial charge in [0.05, 0.1) is 12.1 Å². The van der Waals surface area contributed by atoms with E-state index in [0.717, 1.165) is 36.6 Å². The van der Waals surface area contributed by atoms with E-state index in [1.165, 1.54) is 6.07 Å². The van der Waals surface area contributed by atoms with Crippen LogP contribution in [0.15, 0.2) is 60.9 Å². The van der Waals surface area contributed by atoms with Gasteiger partial charge in [-0.1, -0.05) is 19.9 Å². The average molecular weight is 609 g/mol. The molecule has 3 amide bonds. The molecule has 0 saturated heterocycles. The van der Waals surface area contributed by atoms with Crippen LogP contribution in [0.2, 0.25) is 0 Å². The summed E-state index contributed by atoms with van der Waals surface area (Å²) in [4.78, 5) is 44.8. The molecule has 8 nitrogen and oxygen atoms in total. The first-order valence-electron chi connectivity index (χ1n) is 15.1. The number of halogens is 2. The summed E-state index contributed by atoms with van der Waals surface area (Å²) in [5.41, 5.74) is 2.51. The van der Waals surface area contributed by atoms with E-state index in [0.29, 0.717) is 30.6 Å². The molecule has 2 atom stereocenters. The van der Waals surface area contributed by atoms with E-state index in [1.54, 1.807) is 42.4 Å². The van der Waals surface area contributed by atoms with Gasteiger partial charge in [0.15, 0.2) is 0 Å². The molecule has 2 aromatic carbocycles. The second-order valence-electron chi connectivity index (χ2n) is 11.0. The number of aliphatic hydroxyl groups is 1. The molecule has 0 unspecified atom stereocenters. The maximum Gasteiger partial charge on any atom is 0.253 e. The molecule has 0 aliphatic carbocycles. The molecule has 0 aliphatic heterocycles. The van der Waals surface area contributed by atoms with Crippen LogP contribution in [0, 0.1) is 18.6 Å². The first-order valence-corrected chi connectivity index (χ1v) is 15.1. The molecule has 236 valence electrons. The molecule has 0 radical (unpaired) electrons. The average Bonchev–Trinajstić information content (AvgIpc) is 2.99. The number of pyridine rings is 1. The second-order valence-corrected chi connectivity index (χ2v) is 11.0. The van der Waals surface area contributed by atoms with Crippen molar-refractivity contribution in [1.29, 1.82) is 0 Å². The SMILES string of the molecule is CCCN(CCC)C(=O)c1cc(C)cc(C(=O)N[C@H](Cc2cc(F)cc(F)c2)[C@@H](O)CCNC(=O)CCc2cccnc2)c1. The Hall–Kier alpha value is -4.18. The number of carbonyl (C=O) groups is 3. The third-order valence-corrected chi connectivity index (χ3v) is 7.15. The lowest BCUT2D eigenvalue weighted by atomic mass is 9.97. The smallest absolute Gasteiger partial charge is 0.253 e. The number of benzene rings is 2. The zero-order valence-corrected chi connectivity index (χ0v) is 25.6. The molecule has 0 saturated carbocycles. The summed E-state index contributed by atoms with van der Waals surface area (Å²) in [6.07, 6.45) is 4.58. The van der Waals surface area contributed by atoms with E-state index >= 15 is 0 Å². The third kappa shape index (κ3) is 10.8. The number of nitrogens with one attached hydrogen (secondary N) is 2. The minimum absolute atomic E-state index is 0.0606. The predicted molar refractivity (Wildman–Crippen MR) is 165 cm³/mol. The highest BCUT2D eigenvalue weighted by Gasteiger charge is 2.24. The highest BCUT2D eigenvalue weighted by molar-refractivity contribution is 6.00. The minimum atomic E-state index is -1.15. The highest BCUT2D eigenvalue weighted by Crippen LogP contribution is 2.17. The summed E-state index contributed by atoms with van der Waals surface area (Å²) >= 11 is 0. The summed E-state index contributed by atoms with van der Waals surface area (Å²) in [6.45, 7) is 7.10. The Labute approximate surface area is 257 Å². The predicted octanol–water partition coefficient (Wildman–Crippen LogP) is 4.77. The van der Waals surface area contributed by atoms with E-state index in [4.69, 9.17) is 0 Å². The van der Waals surface area contributed by atoms with Crippen LogP contribution in [0.1, 0.15) is 76.9 Å². The third-order valence-electron chi connectivity index (χ3n) is 7.15. The lowest BCUT2D eigenvalue weighted by molar-refractivity contribution is -0.121. The van der Waals surface area contributed by atoms with Crippen LogP contribution in [0.4, 0.5) is 8.78 Å². The first-order chi connectivity index (χ1) is 21.1. The van der Waals surface area contributed by atoms with Crippen molar-refractivity contribution in [3.8, 4) is 0 Å². The number of aryl methyl sites for hydroxylation is 2. The van der Waals surface area contributed by atoms with Crippen molar-refractivity contribution in [3.05, 3.63) is 100 Å². The highest BCUT2D eigenvalue weighted by atomic mass is 19.1. The second kappa shape index (κ2) is 17.2. The fourth-order valence-corrected chi connectivity index (χ4v) is 5.05. The summed E-state index contributed by atoms with van der Waals surface area (Å²) in [6, 6.07) is 10.7. The Morgan fingerprint density at radius 1 is 0.955 bits per heavy atom. The fourth-order valence-electron chi connectivity index (χ4n) is 5.05. The largest absolute Gasteiger partial charge is 0.391 e. The molecular weight excluding hydrogens is 566 g/mol. The van der Waals surface area contributed by atoms with E-state index in [9.17, 15) is 28.3 Å². The molecule has 0 bridgehead atoms. The topological polar surface area (TPSA) is 112 Å². The number of rotatable bonds is 16. The van der Waals surface area contributed by atoms with Crippen LogP contribution in [0.25, 0.3) is 0 Å². The van der Waals surface area contributed by atoms with Gasteiger partial charge in [0.1, 0.15) is 11.6 Å². The van der Waals surface area contributed by atoms with Gasteiger partial charge < -0.3 is 20.6 Å². The molecule has 1 aromatic heterocycles. The normalized spacial score (nSPS) is 12.3. The molecular formula is C34H42F2N4O4. The van der Waals surface area contributed by atoms with Gasteiger partial charge in [-0.15, -0.1) is 0 Å². The first kappa shape index (κ1) is 34.3. The van der Waals surface area contributed by atoms with Crippen molar-refractivity contribution in [2.24, 2.45) is 0 Å². The van der Waals surface area contributed by atoms with Crippen LogP contribution in [-0.2, 0) is 17.6 Å². The Morgan fingerprint density at radius 3 is 2.27 bits per heavy atom. The number of amides is 3. The van der Waals surface area contributed by atoms with Gasteiger partial charge >= 0.3 is 0 Å². The summed E-state index contributed by atoms with van der Waals surface area (Å²) in [5.74, 6) is -2.46. The van der Waals surface area contributed by atoms with Crippen molar-refractivity contribution in [2.75, 3.05) is 19.6 Å². The Bertz CT molecular complexity index is 1380. The molecule has 3 N–H and O–H groups in total. The molecule has 0 aliphatic rings. The lowest BCUT2D eigenvalue weighted by Crippen LogP contribution is -2.46. The number of nitrogens with zero attached hydrogens (tertiary/aromatic N) is 2. The minimum Gasteiger partial charge on any atom is -0.391 e. The fraction of sp³-hybridized carbons (Fsp3) is 0.412. The van der Waals surface area contributed by atoms with E-state index in [1.807, 2.05) is 19.9 Å². The monoisotopic (exact) mass is 608 g/mol. The van der Waals surface area contributed by atoms with Crippen molar-refractivity contribution < 1.29 is 28.3 Å². The number of hydrogen-bond donors (Lipinski definition) is 3. The van der Waals surface area contributed by atoms with E-state index < -0.39 is 29.7 Å². The Morgan fingerprint density at radius 2 is 1.64 bits per heavy atom. The van der Waals surface area contributed by atoms with Crippen LogP contribution in [0.3, 0.4) is 0 Å². The van der Waals surface area contributed by atoms with Crippen molar-refractivity contribution in [2.45, 2.75) is 71.4 Å². The van der Waals surface area contributed by atoms with E-state index in [-0.39, 0.29) is 48.7 Å². The van der Waals surface area contributed by atoms with Crippen LogP contribution in [-0.4, -0.2) is 64.5 Å². The van der Waals surface area contributed by atoms with Gasteiger partial charge in [0.25, 0.3) is 11.8 Å². The van der Waals surface area contributed by atoms with Crippen molar-refractivity contribution >= 4 is 17.7 Å². The van der Waals surface area contributed by atoms with Gasteiger partial charge in [-0.2, -0.15) is 0 Å². The van der Waals surface area contributed by atoms with Gasteiger partial charge in [0.2, 0.25) is 5.91 Å². The van der Waals surface area contributed by atoms with Gasteiger partial charge in [0, 0.05) is 55.6 Å². The molecule has 3 rings (SSSR count). The number of carbonyl (C=O) groups excluding carboxylic acids is 3. The molecule has 10 heteroatoms. The molecule has 1 heterocycles. The molecule has 0 spiro atoms. The molecule has 44 heavy (non-hydrogen) atoms. The van der Waals surface area contributed by atoms with Crippen LogP contribution in [0.5, 0.6) is 0 Å². The maximum atomic E-state index is 14.0.